The van der Waals surface area contributed by atoms with E-state index in [0.717, 1.165) is 18.2 Å². The molecule has 1 aromatic carbocycles. The SMILES string of the molecule is CC(C)(C)OC(=O)N[C@H](C=O)Cc1cc(F)cc(F)c1. The molecule has 0 aliphatic heterocycles. The number of hydrogen-bond acceptors (Lipinski definition) is 3. The molecule has 0 saturated carbocycles. The molecule has 0 aromatic heterocycles. The zero-order valence-corrected chi connectivity index (χ0v) is 11.6. The largest absolute Gasteiger partial charge is 0.444 e. The van der Waals surface area contributed by atoms with Gasteiger partial charge in [-0.25, -0.2) is 13.6 Å². The molecular weight excluding hydrogens is 268 g/mol. The van der Waals surface area contributed by atoms with Gasteiger partial charge in [-0.3, -0.25) is 0 Å². The lowest BCUT2D eigenvalue weighted by Crippen LogP contribution is -2.41. The van der Waals surface area contributed by atoms with E-state index in [2.05, 4.69) is 5.32 Å². The van der Waals surface area contributed by atoms with E-state index in [1.54, 1.807) is 20.8 Å². The van der Waals surface area contributed by atoms with E-state index in [1.165, 1.54) is 0 Å². The Morgan fingerprint density at radius 2 is 1.85 bits per heavy atom. The molecule has 6 heteroatoms. The number of alkyl carbamates (subject to hydrolysis) is 1. The summed E-state index contributed by atoms with van der Waals surface area (Å²) in [5, 5.41) is 2.34. The highest BCUT2D eigenvalue weighted by Gasteiger charge is 2.19. The van der Waals surface area contributed by atoms with Crippen LogP contribution in [0.3, 0.4) is 0 Å². The Bertz CT molecular complexity index is 477. The Balaban J connectivity index is 2.68. The van der Waals surface area contributed by atoms with Crippen LogP contribution in [0.5, 0.6) is 0 Å². The normalized spacial score (nSPS) is 12.7. The molecule has 0 spiro atoms. The number of carbonyl (C=O) groups excluding carboxylic acids is 2. The van der Waals surface area contributed by atoms with Crippen molar-refractivity contribution in [2.75, 3.05) is 0 Å². The zero-order valence-electron chi connectivity index (χ0n) is 11.6. The zero-order chi connectivity index (χ0) is 15.3. The minimum atomic E-state index is -0.911. The molecular formula is C14H17F2NO3. The van der Waals surface area contributed by atoms with Gasteiger partial charge in [0, 0.05) is 6.07 Å². The molecule has 0 bridgehead atoms. The fourth-order valence-corrected chi connectivity index (χ4v) is 1.57. The quantitative estimate of drug-likeness (QED) is 0.865. The van der Waals surface area contributed by atoms with Crippen molar-refractivity contribution in [1.82, 2.24) is 5.32 Å². The van der Waals surface area contributed by atoms with Crippen LogP contribution in [0.25, 0.3) is 0 Å². The topological polar surface area (TPSA) is 55.4 Å². The highest BCUT2D eigenvalue weighted by molar-refractivity contribution is 5.73. The van der Waals surface area contributed by atoms with Gasteiger partial charge in [0.15, 0.2) is 0 Å². The molecule has 0 aliphatic rings. The van der Waals surface area contributed by atoms with Gasteiger partial charge in [0.25, 0.3) is 0 Å². The van der Waals surface area contributed by atoms with Crippen LogP contribution in [0.15, 0.2) is 18.2 Å². The minimum absolute atomic E-state index is 0.0164. The van der Waals surface area contributed by atoms with E-state index in [9.17, 15) is 18.4 Å². The van der Waals surface area contributed by atoms with Gasteiger partial charge in [-0.15, -0.1) is 0 Å². The molecule has 4 nitrogen and oxygen atoms in total. The Kier molecular flexibility index (Phi) is 5.19. The summed E-state index contributed by atoms with van der Waals surface area (Å²) in [4.78, 5) is 22.4. The van der Waals surface area contributed by atoms with Crippen molar-refractivity contribution >= 4 is 12.4 Å². The monoisotopic (exact) mass is 285 g/mol. The molecule has 1 amide bonds. The standard InChI is InChI=1S/C14H17F2NO3/c1-14(2,3)20-13(19)17-12(8-18)6-9-4-10(15)7-11(16)5-9/h4-5,7-8,12H,6H2,1-3H3,(H,17,19)/t12-/m0/s1. The third kappa shape index (κ3) is 5.77. The Morgan fingerprint density at radius 1 is 1.30 bits per heavy atom. The van der Waals surface area contributed by atoms with Crippen LogP contribution >= 0.6 is 0 Å². The Labute approximate surface area is 116 Å². The Morgan fingerprint density at radius 3 is 2.30 bits per heavy atom. The molecule has 1 N–H and O–H groups in total. The predicted octanol–water partition coefficient (Wildman–Crippen LogP) is 2.60. The fourth-order valence-electron chi connectivity index (χ4n) is 1.57. The van der Waals surface area contributed by atoms with Crippen LogP contribution < -0.4 is 5.32 Å². The molecule has 0 aliphatic carbocycles. The van der Waals surface area contributed by atoms with Crippen LogP contribution in [-0.2, 0) is 16.0 Å². The van der Waals surface area contributed by atoms with Gasteiger partial charge in [-0.1, -0.05) is 0 Å². The number of ether oxygens (including phenoxy) is 1. The predicted molar refractivity (Wildman–Crippen MR) is 69.3 cm³/mol. The molecule has 20 heavy (non-hydrogen) atoms. The minimum Gasteiger partial charge on any atom is -0.444 e. The summed E-state index contributed by atoms with van der Waals surface area (Å²) in [6, 6.07) is 2.04. The summed E-state index contributed by atoms with van der Waals surface area (Å²) in [5.74, 6) is -1.47. The first-order valence-electron chi connectivity index (χ1n) is 6.09. The van der Waals surface area contributed by atoms with Crippen molar-refractivity contribution in [3.63, 3.8) is 0 Å². The second-order valence-corrected chi connectivity index (χ2v) is 5.37. The summed E-state index contributed by atoms with van der Waals surface area (Å²) >= 11 is 0. The highest BCUT2D eigenvalue weighted by atomic mass is 19.1. The lowest BCUT2D eigenvalue weighted by molar-refractivity contribution is -0.109. The van der Waals surface area contributed by atoms with Crippen molar-refractivity contribution < 1.29 is 23.1 Å². The van der Waals surface area contributed by atoms with Gasteiger partial charge in [0.2, 0.25) is 0 Å². The second-order valence-electron chi connectivity index (χ2n) is 5.37. The van der Waals surface area contributed by atoms with E-state index in [0.29, 0.717) is 6.29 Å². The Hall–Kier alpha value is -1.98. The number of aldehydes is 1. The summed E-state index contributed by atoms with van der Waals surface area (Å²) in [6.45, 7) is 5.05. The van der Waals surface area contributed by atoms with Gasteiger partial charge in [0.1, 0.15) is 23.5 Å². The first-order chi connectivity index (χ1) is 9.19. The number of hydrogen-bond donors (Lipinski definition) is 1. The fraction of sp³-hybridized carbons (Fsp3) is 0.429. The van der Waals surface area contributed by atoms with E-state index in [1.807, 2.05) is 0 Å². The first kappa shape index (κ1) is 16.1. The van der Waals surface area contributed by atoms with Gasteiger partial charge < -0.3 is 14.8 Å². The molecule has 1 aromatic rings. The number of halogens is 2. The molecule has 0 saturated heterocycles. The molecule has 1 rings (SSSR count). The lowest BCUT2D eigenvalue weighted by Gasteiger charge is -2.21. The van der Waals surface area contributed by atoms with Gasteiger partial charge in [-0.2, -0.15) is 0 Å². The van der Waals surface area contributed by atoms with Crippen LogP contribution in [-0.4, -0.2) is 24.0 Å². The van der Waals surface area contributed by atoms with Crippen molar-refractivity contribution in [2.45, 2.75) is 38.8 Å². The summed E-state index contributed by atoms with van der Waals surface area (Å²) in [7, 11) is 0. The lowest BCUT2D eigenvalue weighted by atomic mass is 10.1. The average molecular weight is 285 g/mol. The molecule has 0 unspecified atom stereocenters. The number of carbonyl (C=O) groups is 2. The number of rotatable bonds is 4. The molecule has 0 heterocycles. The summed E-state index contributed by atoms with van der Waals surface area (Å²) in [6.07, 6.45) is -0.282. The second kappa shape index (κ2) is 6.45. The van der Waals surface area contributed by atoms with Crippen LogP contribution in [0, 0.1) is 11.6 Å². The van der Waals surface area contributed by atoms with Crippen molar-refractivity contribution in [3.8, 4) is 0 Å². The van der Waals surface area contributed by atoms with Crippen LogP contribution in [0.2, 0.25) is 0 Å². The maximum absolute atomic E-state index is 13.0. The van der Waals surface area contributed by atoms with E-state index in [4.69, 9.17) is 4.74 Å². The molecule has 0 radical (unpaired) electrons. The van der Waals surface area contributed by atoms with Crippen molar-refractivity contribution in [2.24, 2.45) is 0 Å². The molecule has 110 valence electrons. The first-order valence-corrected chi connectivity index (χ1v) is 6.09. The van der Waals surface area contributed by atoms with E-state index < -0.39 is 29.4 Å². The smallest absolute Gasteiger partial charge is 0.408 e. The van der Waals surface area contributed by atoms with Gasteiger partial charge in [-0.05, 0) is 44.9 Å². The van der Waals surface area contributed by atoms with E-state index >= 15 is 0 Å². The number of amides is 1. The highest BCUT2D eigenvalue weighted by Crippen LogP contribution is 2.11. The third-order valence-corrected chi connectivity index (χ3v) is 2.24. The van der Waals surface area contributed by atoms with Crippen LogP contribution in [0.1, 0.15) is 26.3 Å². The maximum Gasteiger partial charge on any atom is 0.408 e. The van der Waals surface area contributed by atoms with Crippen molar-refractivity contribution in [1.29, 1.82) is 0 Å². The van der Waals surface area contributed by atoms with E-state index in [-0.39, 0.29) is 12.0 Å². The molecule has 0 fully saturated rings. The number of nitrogens with one attached hydrogen (secondary N) is 1. The van der Waals surface area contributed by atoms with Gasteiger partial charge in [0.05, 0.1) is 6.04 Å². The van der Waals surface area contributed by atoms with Gasteiger partial charge >= 0.3 is 6.09 Å². The van der Waals surface area contributed by atoms with Crippen LogP contribution in [0.4, 0.5) is 13.6 Å². The summed E-state index contributed by atoms with van der Waals surface area (Å²) < 4.78 is 31.1. The maximum atomic E-state index is 13.0. The average Bonchev–Trinajstić information content (AvgIpc) is 2.23. The van der Waals surface area contributed by atoms with Crippen molar-refractivity contribution in [3.05, 3.63) is 35.4 Å². The summed E-state index contributed by atoms with van der Waals surface area (Å²) in [5.41, 5.74) is -0.418. The third-order valence-electron chi connectivity index (χ3n) is 2.24. The number of benzene rings is 1. The molecule has 1 atom stereocenters.